The largest absolute Gasteiger partial charge is 0.348 e. The number of carbonyl (C=O) groups is 2. The molecular formula is C12H16N6O4S. The molecule has 1 N–H and O–H groups in total. The Hall–Kier alpha value is -2.43. The van der Waals surface area contributed by atoms with Crippen LogP contribution in [0.2, 0.25) is 0 Å². The van der Waals surface area contributed by atoms with E-state index in [2.05, 4.69) is 15.3 Å². The first-order valence-corrected chi connectivity index (χ1v) is 8.83. The fraction of sp³-hybridized carbons (Fsp3) is 0.500. The summed E-state index contributed by atoms with van der Waals surface area (Å²) < 4.78 is 23.6. The lowest BCUT2D eigenvalue weighted by Crippen LogP contribution is -2.60. The van der Waals surface area contributed by atoms with Crippen LogP contribution in [-0.4, -0.2) is 83.0 Å². The molecular weight excluding hydrogens is 324 g/mol. The highest BCUT2D eigenvalue weighted by Crippen LogP contribution is 2.19. The van der Waals surface area contributed by atoms with Crippen molar-refractivity contribution >= 4 is 28.0 Å². The fourth-order valence-corrected chi connectivity index (χ4v) is 3.25. The quantitative estimate of drug-likeness (QED) is 0.780. The van der Waals surface area contributed by atoms with E-state index in [0.29, 0.717) is 23.3 Å². The molecule has 4 amide bonds. The number of carbonyl (C=O) groups excluding carboxylic acids is 2. The van der Waals surface area contributed by atoms with Gasteiger partial charge in [-0.2, -0.15) is 0 Å². The monoisotopic (exact) mass is 340 g/mol. The maximum atomic E-state index is 12.3. The fourth-order valence-electron chi connectivity index (χ4n) is 2.45. The molecule has 2 aliphatic rings. The number of amides is 4. The summed E-state index contributed by atoms with van der Waals surface area (Å²) >= 11 is 0. The molecule has 0 spiro atoms. The van der Waals surface area contributed by atoms with Crippen LogP contribution >= 0.6 is 0 Å². The Kier molecular flexibility index (Phi) is 3.80. The predicted molar refractivity (Wildman–Crippen MR) is 80.1 cm³/mol. The van der Waals surface area contributed by atoms with Crippen molar-refractivity contribution in [3.05, 3.63) is 18.5 Å². The first kappa shape index (κ1) is 15.5. The summed E-state index contributed by atoms with van der Waals surface area (Å²) in [4.78, 5) is 34.8. The Bertz CT molecular complexity index is 718. The van der Waals surface area contributed by atoms with Crippen LogP contribution in [0.1, 0.15) is 0 Å². The SMILES string of the molecule is CS(=O)(=O)N1CCN(C(=O)N2CC(Nc3ncccn3)C2)C1=O. The number of urea groups is 2. The van der Waals surface area contributed by atoms with Gasteiger partial charge in [0, 0.05) is 25.5 Å². The van der Waals surface area contributed by atoms with E-state index in [0.717, 1.165) is 11.2 Å². The molecule has 0 aliphatic carbocycles. The summed E-state index contributed by atoms with van der Waals surface area (Å²) in [5, 5.41) is 3.07. The lowest BCUT2D eigenvalue weighted by molar-refractivity contribution is 0.130. The van der Waals surface area contributed by atoms with Crippen LogP contribution in [0.15, 0.2) is 18.5 Å². The third-order valence-electron chi connectivity index (χ3n) is 3.65. The Morgan fingerprint density at radius 1 is 1.26 bits per heavy atom. The summed E-state index contributed by atoms with van der Waals surface area (Å²) in [5.74, 6) is 0.477. The zero-order valence-electron chi connectivity index (χ0n) is 12.4. The van der Waals surface area contributed by atoms with E-state index < -0.39 is 22.1 Å². The second kappa shape index (κ2) is 5.65. The van der Waals surface area contributed by atoms with Crippen LogP contribution in [0.5, 0.6) is 0 Å². The number of hydrogen-bond acceptors (Lipinski definition) is 7. The van der Waals surface area contributed by atoms with Crippen LogP contribution in [0.4, 0.5) is 15.5 Å². The lowest BCUT2D eigenvalue weighted by Gasteiger charge is -2.40. The molecule has 1 aromatic rings. The Balaban J connectivity index is 1.54. The molecule has 0 aromatic carbocycles. The minimum atomic E-state index is -3.64. The predicted octanol–water partition coefficient (Wildman–Crippen LogP) is -0.610. The lowest BCUT2D eigenvalue weighted by atomic mass is 10.1. The second-order valence-electron chi connectivity index (χ2n) is 5.37. The first-order chi connectivity index (χ1) is 10.9. The topological polar surface area (TPSA) is 116 Å². The van der Waals surface area contributed by atoms with Gasteiger partial charge in [-0.15, -0.1) is 0 Å². The molecule has 11 heteroatoms. The summed E-state index contributed by atoms with van der Waals surface area (Å²) in [6.07, 6.45) is 4.17. The number of nitrogens with one attached hydrogen (secondary N) is 1. The van der Waals surface area contributed by atoms with Gasteiger partial charge in [0.05, 0.1) is 25.4 Å². The average Bonchev–Trinajstić information content (AvgIpc) is 2.84. The van der Waals surface area contributed by atoms with Gasteiger partial charge in [-0.1, -0.05) is 0 Å². The molecule has 2 fully saturated rings. The molecule has 0 radical (unpaired) electrons. The van der Waals surface area contributed by atoms with Crippen molar-refractivity contribution < 1.29 is 18.0 Å². The molecule has 1 aromatic heterocycles. The van der Waals surface area contributed by atoms with E-state index in [9.17, 15) is 18.0 Å². The Morgan fingerprint density at radius 2 is 1.91 bits per heavy atom. The highest BCUT2D eigenvalue weighted by molar-refractivity contribution is 7.88. The number of imide groups is 1. The van der Waals surface area contributed by atoms with Crippen molar-refractivity contribution in [2.45, 2.75) is 6.04 Å². The van der Waals surface area contributed by atoms with Crippen LogP contribution in [0.3, 0.4) is 0 Å². The molecule has 0 saturated carbocycles. The van der Waals surface area contributed by atoms with Crippen LogP contribution in [0.25, 0.3) is 0 Å². The standard InChI is InChI=1S/C12H16N6O4S/c1-23(21,22)18-6-5-17(12(18)20)11(19)16-7-9(8-16)15-10-13-3-2-4-14-10/h2-4,9H,5-8H2,1H3,(H,13,14,15). The number of hydrogen-bond donors (Lipinski definition) is 1. The highest BCUT2D eigenvalue weighted by atomic mass is 32.2. The van der Waals surface area contributed by atoms with E-state index in [-0.39, 0.29) is 19.1 Å². The maximum absolute atomic E-state index is 12.3. The Labute approximate surface area is 133 Å². The first-order valence-electron chi connectivity index (χ1n) is 6.98. The maximum Gasteiger partial charge on any atom is 0.341 e. The van der Waals surface area contributed by atoms with Crippen molar-refractivity contribution in [1.29, 1.82) is 0 Å². The van der Waals surface area contributed by atoms with Gasteiger partial charge in [-0.3, -0.25) is 0 Å². The molecule has 10 nitrogen and oxygen atoms in total. The van der Waals surface area contributed by atoms with Gasteiger partial charge in [0.25, 0.3) is 0 Å². The zero-order valence-corrected chi connectivity index (χ0v) is 13.2. The number of nitrogens with zero attached hydrogens (tertiary/aromatic N) is 5. The van der Waals surface area contributed by atoms with Gasteiger partial charge in [-0.25, -0.2) is 37.2 Å². The molecule has 0 bridgehead atoms. The number of aromatic nitrogens is 2. The van der Waals surface area contributed by atoms with Crippen molar-refractivity contribution in [2.75, 3.05) is 37.8 Å². The summed E-state index contributed by atoms with van der Waals surface area (Å²) in [6, 6.07) is 0.437. The van der Waals surface area contributed by atoms with Gasteiger partial charge in [0.1, 0.15) is 0 Å². The van der Waals surface area contributed by atoms with Gasteiger partial charge in [0.15, 0.2) is 0 Å². The van der Waals surface area contributed by atoms with E-state index in [1.807, 2.05) is 0 Å². The number of sulfonamides is 1. The normalized spacial score (nSPS) is 19.0. The van der Waals surface area contributed by atoms with Crippen LogP contribution in [-0.2, 0) is 10.0 Å². The van der Waals surface area contributed by atoms with Crippen molar-refractivity contribution in [1.82, 2.24) is 24.1 Å². The number of rotatable bonds is 3. The van der Waals surface area contributed by atoms with E-state index in [4.69, 9.17) is 0 Å². The average molecular weight is 340 g/mol. The molecule has 0 unspecified atom stereocenters. The minimum Gasteiger partial charge on any atom is -0.348 e. The van der Waals surface area contributed by atoms with E-state index >= 15 is 0 Å². The van der Waals surface area contributed by atoms with Gasteiger partial charge >= 0.3 is 12.1 Å². The molecule has 0 atom stereocenters. The molecule has 3 rings (SSSR count). The molecule has 23 heavy (non-hydrogen) atoms. The summed E-state index contributed by atoms with van der Waals surface area (Å²) in [6.45, 7) is 0.872. The molecule has 2 saturated heterocycles. The number of likely N-dealkylation sites (tertiary alicyclic amines) is 1. The van der Waals surface area contributed by atoms with Crippen LogP contribution < -0.4 is 5.32 Å². The Morgan fingerprint density at radius 3 is 2.48 bits per heavy atom. The highest BCUT2D eigenvalue weighted by Gasteiger charge is 2.42. The third kappa shape index (κ3) is 3.04. The second-order valence-corrected chi connectivity index (χ2v) is 7.28. The molecule has 124 valence electrons. The smallest absolute Gasteiger partial charge is 0.341 e. The summed E-state index contributed by atoms with van der Waals surface area (Å²) in [7, 11) is -3.64. The zero-order chi connectivity index (χ0) is 16.6. The van der Waals surface area contributed by atoms with E-state index in [1.54, 1.807) is 18.5 Å². The molecule has 2 aliphatic heterocycles. The third-order valence-corrected chi connectivity index (χ3v) is 4.79. The van der Waals surface area contributed by atoms with E-state index in [1.165, 1.54) is 4.90 Å². The van der Waals surface area contributed by atoms with Crippen LogP contribution in [0, 0.1) is 0 Å². The molecule has 3 heterocycles. The van der Waals surface area contributed by atoms with Gasteiger partial charge < -0.3 is 10.2 Å². The van der Waals surface area contributed by atoms with Crippen molar-refractivity contribution in [3.8, 4) is 0 Å². The number of anilines is 1. The summed E-state index contributed by atoms with van der Waals surface area (Å²) in [5.41, 5.74) is 0. The minimum absolute atomic E-state index is 0.00319. The van der Waals surface area contributed by atoms with Crippen molar-refractivity contribution in [3.63, 3.8) is 0 Å². The van der Waals surface area contributed by atoms with Gasteiger partial charge in [-0.05, 0) is 6.07 Å². The van der Waals surface area contributed by atoms with Crippen molar-refractivity contribution in [2.24, 2.45) is 0 Å². The van der Waals surface area contributed by atoms with Gasteiger partial charge in [0.2, 0.25) is 16.0 Å².